The second-order valence-corrected chi connectivity index (χ2v) is 19.5. The van der Waals surface area contributed by atoms with Crippen LogP contribution >= 0.6 is 0 Å². The molecule has 0 aromatic heterocycles. The van der Waals surface area contributed by atoms with Crippen LogP contribution in [0.2, 0.25) is 13.1 Å². The lowest BCUT2D eigenvalue weighted by Crippen LogP contribution is -2.57. The minimum Gasteiger partial charge on any atom is -0.399 e. The third-order valence-electron chi connectivity index (χ3n) is 13.1. The summed E-state index contributed by atoms with van der Waals surface area (Å²) in [7, 11) is -2.76. The number of fused-ring (bicyclic) bond motifs is 5. The molecule has 1 aromatic rings. The monoisotopic (exact) mass is 590 g/mol. The van der Waals surface area contributed by atoms with Gasteiger partial charge in [0, 0.05) is 12.8 Å². The maximum Gasteiger partial charge on any atom is 0.416 e. The number of hydrogen-bond donors (Lipinski definition) is 0. The fourth-order valence-corrected chi connectivity index (χ4v) is 13.2. The summed E-state index contributed by atoms with van der Waals surface area (Å²) in [6, 6.07) is 9.47. The van der Waals surface area contributed by atoms with Gasteiger partial charge < -0.3 is 4.43 Å². The van der Waals surface area contributed by atoms with E-state index in [2.05, 4.69) is 20.8 Å². The Kier molecular flexibility index (Phi) is 8.46. The van der Waals surface area contributed by atoms with Gasteiger partial charge in [-0.2, -0.15) is 13.2 Å². The Hall–Kier alpha value is -1.14. The van der Waals surface area contributed by atoms with Crippen LogP contribution in [0.25, 0.3) is 0 Å². The summed E-state index contributed by atoms with van der Waals surface area (Å²) in [5.74, 6) is 3.79. The fourth-order valence-electron chi connectivity index (χ4n) is 10.7. The second-order valence-electron chi connectivity index (χ2n) is 15.7. The number of carbonyl (C=O) groups is 1. The third-order valence-corrected chi connectivity index (χ3v) is 15.8. The summed E-state index contributed by atoms with van der Waals surface area (Å²) < 4.78 is 50.0. The second kappa shape index (κ2) is 11.1. The van der Waals surface area contributed by atoms with Gasteiger partial charge in [-0.15, -0.1) is 0 Å². The SMILES string of the molecule is C[C@H](CCC(C)(O[Si](C)(C)c1ccccc1)C(F)(F)F)[C@H]1CC[C@H]2[C@@H]3CC[C@H]4CC(=O)CCC[C@]4(C)[C@H]3CC[C@]12C. The Bertz CT molecular complexity index is 1090. The first kappa shape index (κ1) is 31.3. The maximum atomic E-state index is 14.6. The predicted octanol–water partition coefficient (Wildman–Crippen LogP) is 9.47. The summed E-state index contributed by atoms with van der Waals surface area (Å²) >= 11 is 0. The highest BCUT2D eigenvalue weighted by Gasteiger charge is 2.61. The molecule has 0 amide bonds. The summed E-state index contributed by atoms with van der Waals surface area (Å²) in [5.41, 5.74) is -1.66. The first-order chi connectivity index (χ1) is 19.1. The predicted molar refractivity (Wildman–Crippen MR) is 162 cm³/mol. The molecule has 2 nitrogen and oxygen atoms in total. The lowest BCUT2D eigenvalue weighted by Gasteiger charge is -2.59. The molecule has 230 valence electrons. The van der Waals surface area contributed by atoms with Crippen LogP contribution in [0.4, 0.5) is 13.2 Å². The van der Waals surface area contributed by atoms with E-state index in [4.69, 9.17) is 4.43 Å². The van der Waals surface area contributed by atoms with Crippen LogP contribution in [0.1, 0.15) is 105 Å². The number of alkyl halides is 3. The van der Waals surface area contributed by atoms with Crippen molar-refractivity contribution in [3.8, 4) is 0 Å². The van der Waals surface area contributed by atoms with Gasteiger partial charge in [0.15, 0.2) is 0 Å². The van der Waals surface area contributed by atoms with E-state index in [0.717, 1.165) is 30.9 Å². The molecule has 1 aromatic carbocycles. The average Bonchev–Trinajstić information content (AvgIpc) is 3.17. The van der Waals surface area contributed by atoms with Gasteiger partial charge in [0.25, 0.3) is 0 Å². The highest BCUT2D eigenvalue weighted by Crippen LogP contribution is 2.68. The van der Waals surface area contributed by atoms with Crippen molar-refractivity contribution in [2.45, 2.75) is 130 Å². The molecule has 0 spiro atoms. The molecule has 1 unspecified atom stereocenters. The molecule has 0 saturated heterocycles. The largest absolute Gasteiger partial charge is 0.416 e. The van der Waals surface area contributed by atoms with E-state index >= 15 is 0 Å². The van der Waals surface area contributed by atoms with Crippen LogP contribution in [0, 0.1) is 46.3 Å². The Morgan fingerprint density at radius 3 is 2.34 bits per heavy atom. The highest BCUT2D eigenvalue weighted by molar-refractivity contribution is 6.84. The van der Waals surface area contributed by atoms with Gasteiger partial charge in [-0.25, -0.2) is 0 Å². The summed E-state index contributed by atoms with van der Waals surface area (Å²) in [4.78, 5) is 12.5. The molecule has 6 heteroatoms. The molecule has 4 saturated carbocycles. The van der Waals surface area contributed by atoms with Gasteiger partial charge in [-0.05, 0) is 136 Å². The molecule has 0 aliphatic heterocycles. The van der Waals surface area contributed by atoms with Crippen molar-refractivity contribution in [1.29, 1.82) is 0 Å². The molecule has 0 radical (unpaired) electrons. The molecule has 5 rings (SSSR count). The van der Waals surface area contributed by atoms with Crippen LogP contribution < -0.4 is 5.19 Å². The summed E-state index contributed by atoms with van der Waals surface area (Å²) in [5, 5.41) is 0.896. The van der Waals surface area contributed by atoms with Gasteiger partial charge in [-0.3, -0.25) is 4.79 Å². The van der Waals surface area contributed by atoms with E-state index in [1.807, 2.05) is 43.4 Å². The molecule has 4 aliphatic carbocycles. The first-order valence-corrected chi connectivity index (χ1v) is 19.4. The van der Waals surface area contributed by atoms with E-state index in [1.54, 1.807) is 0 Å². The lowest BCUT2D eigenvalue weighted by molar-refractivity contribution is -0.248. The quantitative estimate of drug-likeness (QED) is 0.296. The van der Waals surface area contributed by atoms with Gasteiger partial charge in [0.2, 0.25) is 8.32 Å². The molecule has 0 bridgehead atoms. The standard InChI is InChI=1S/C35H53F3O2Si/c1-24(18-22-34(4,35(36,37)38)40-41(5,6)27-12-8-7-9-13-27)29-16-17-30-28-15-14-25-23-26(39)11-10-20-32(25,2)31(28)19-21-33(29,30)3/h7-9,12-13,24-25,28-31H,10-11,14-23H2,1-6H3/t24-,25+,28+,29-,30+,31+,32+,33-,34?/m1/s1. The van der Waals surface area contributed by atoms with Crippen molar-refractivity contribution in [2.75, 3.05) is 0 Å². The van der Waals surface area contributed by atoms with E-state index in [-0.39, 0.29) is 23.2 Å². The van der Waals surface area contributed by atoms with E-state index in [0.29, 0.717) is 41.8 Å². The molecule has 0 N–H and O–H groups in total. The first-order valence-electron chi connectivity index (χ1n) is 16.4. The van der Waals surface area contributed by atoms with Gasteiger partial charge >= 0.3 is 6.18 Å². The Labute approximate surface area is 247 Å². The van der Waals surface area contributed by atoms with Crippen molar-refractivity contribution in [3.05, 3.63) is 30.3 Å². The molecule has 4 aliphatic rings. The van der Waals surface area contributed by atoms with Crippen LogP contribution in [0.15, 0.2) is 30.3 Å². The number of Topliss-reactive ketones (excluding diaryl/α,β-unsaturated/α-hetero) is 1. The minimum atomic E-state index is -4.42. The van der Waals surface area contributed by atoms with Crippen LogP contribution in [-0.2, 0) is 9.22 Å². The molecule has 9 atom stereocenters. The Morgan fingerprint density at radius 1 is 0.976 bits per heavy atom. The number of ketones is 1. The summed E-state index contributed by atoms with van der Waals surface area (Å²) in [6.07, 6.45) is 7.08. The molecule has 0 heterocycles. The minimum absolute atomic E-state index is 0.0119. The maximum absolute atomic E-state index is 14.6. The number of halogens is 3. The molecule has 41 heavy (non-hydrogen) atoms. The van der Waals surface area contributed by atoms with E-state index < -0.39 is 20.1 Å². The fraction of sp³-hybridized carbons (Fsp3) is 0.800. The topological polar surface area (TPSA) is 26.3 Å². The lowest BCUT2D eigenvalue weighted by atomic mass is 9.46. The zero-order chi connectivity index (χ0) is 29.8. The van der Waals surface area contributed by atoms with Crippen molar-refractivity contribution in [3.63, 3.8) is 0 Å². The zero-order valence-corrected chi connectivity index (χ0v) is 27.3. The Balaban J connectivity index is 1.29. The average molecular weight is 591 g/mol. The zero-order valence-electron chi connectivity index (χ0n) is 26.3. The van der Waals surface area contributed by atoms with Gasteiger partial charge in [0.05, 0.1) is 0 Å². The number of rotatable bonds is 7. The van der Waals surface area contributed by atoms with Crippen LogP contribution in [0.3, 0.4) is 0 Å². The normalized spacial score (nSPS) is 38.3. The third kappa shape index (κ3) is 5.63. The van der Waals surface area contributed by atoms with Crippen molar-refractivity contribution in [2.24, 2.45) is 46.3 Å². The van der Waals surface area contributed by atoms with Gasteiger partial charge in [-0.1, -0.05) is 51.1 Å². The number of hydrogen-bond acceptors (Lipinski definition) is 2. The van der Waals surface area contributed by atoms with Crippen LogP contribution in [-0.4, -0.2) is 25.9 Å². The number of carbonyl (C=O) groups excluding carboxylic acids is 1. The summed E-state index contributed by atoms with van der Waals surface area (Å²) in [6.45, 7) is 12.3. The van der Waals surface area contributed by atoms with Gasteiger partial charge in [0.1, 0.15) is 11.4 Å². The van der Waals surface area contributed by atoms with Crippen LogP contribution in [0.5, 0.6) is 0 Å². The molecular formula is C35H53F3O2Si. The van der Waals surface area contributed by atoms with Crippen molar-refractivity contribution < 1.29 is 22.4 Å². The number of benzene rings is 1. The van der Waals surface area contributed by atoms with Crippen molar-refractivity contribution >= 4 is 19.3 Å². The molecular weight excluding hydrogens is 537 g/mol. The molecule has 4 fully saturated rings. The van der Waals surface area contributed by atoms with E-state index in [9.17, 15) is 18.0 Å². The van der Waals surface area contributed by atoms with Crippen molar-refractivity contribution in [1.82, 2.24) is 0 Å². The smallest absolute Gasteiger partial charge is 0.399 e. The van der Waals surface area contributed by atoms with E-state index in [1.165, 1.54) is 45.4 Å². The highest BCUT2D eigenvalue weighted by atomic mass is 28.4. The Morgan fingerprint density at radius 2 is 1.66 bits per heavy atom.